The first kappa shape index (κ1) is 13.7. The second kappa shape index (κ2) is 8.03. The summed E-state index contributed by atoms with van der Waals surface area (Å²) in [4.78, 5) is 17.4. The molecule has 0 heterocycles. The van der Waals surface area contributed by atoms with Gasteiger partial charge in [0.1, 0.15) is 0 Å². The summed E-state index contributed by atoms with van der Waals surface area (Å²) in [6.07, 6.45) is 5.93. The fraction of sp³-hybridized carbons (Fsp3) is 0.636. The van der Waals surface area contributed by atoms with E-state index in [1.807, 2.05) is 24.1 Å². The van der Waals surface area contributed by atoms with Gasteiger partial charge in [-0.3, -0.25) is 9.79 Å². The minimum Gasteiger partial charge on any atom is -0.352 e. The van der Waals surface area contributed by atoms with E-state index < -0.39 is 0 Å². The average Bonchev–Trinajstić information content (AvgIpc) is 2.26. The Labute approximate surface area is 92.1 Å². The maximum absolute atomic E-state index is 11.5. The van der Waals surface area contributed by atoms with Crippen molar-refractivity contribution in [3.05, 3.63) is 12.3 Å². The topological polar surface area (TPSA) is 44.7 Å². The SMILES string of the molecule is C/C=C\N(CCCC)C(=NC)C(=O)NC. The van der Waals surface area contributed by atoms with E-state index in [4.69, 9.17) is 0 Å². The predicted molar refractivity (Wildman–Crippen MR) is 63.9 cm³/mol. The molecule has 0 aromatic carbocycles. The lowest BCUT2D eigenvalue weighted by molar-refractivity contribution is -0.114. The number of rotatable bonds is 4. The third-order valence-corrected chi connectivity index (χ3v) is 2.00. The first-order chi connectivity index (χ1) is 7.21. The fourth-order valence-electron chi connectivity index (χ4n) is 1.23. The third kappa shape index (κ3) is 4.63. The first-order valence-electron chi connectivity index (χ1n) is 5.29. The van der Waals surface area contributed by atoms with E-state index in [2.05, 4.69) is 17.2 Å². The average molecular weight is 211 g/mol. The third-order valence-electron chi connectivity index (χ3n) is 2.00. The van der Waals surface area contributed by atoms with Gasteiger partial charge in [0.15, 0.2) is 5.84 Å². The van der Waals surface area contributed by atoms with Crippen LogP contribution in [0.3, 0.4) is 0 Å². The molecule has 0 fully saturated rings. The quantitative estimate of drug-likeness (QED) is 0.564. The maximum atomic E-state index is 11.5. The van der Waals surface area contributed by atoms with Crippen LogP contribution in [0, 0.1) is 0 Å². The fourth-order valence-corrected chi connectivity index (χ4v) is 1.23. The van der Waals surface area contributed by atoms with Crippen LogP contribution in [0.15, 0.2) is 17.3 Å². The monoisotopic (exact) mass is 211 g/mol. The number of likely N-dealkylation sites (N-methyl/N-ethyl adjacent to an activating group) is 1. The molecular formula is C11H21N3O. The summed E-state index contributed by atoms with van der Waals surface area (Å²) in [6, 6.07) is 0. The molecular weight excluding hydrogens is 190 g/mol. The van der Waals surface area contributed by atoms with Crippen molar-refractivity contribution in [1.29, 1.82) is 0 Å². The number of amidine groups is 1. The van der Waals surface area contributed by atoms with Crippen molar-refractivity contribution in [2.75, 3.05) is 20.6 Å². The van der Waals surface area contributed by atoms with Crippen LogP contribution in [-0.4, -0.2) is 37.3 Å². The van der Waals surface area contributed by atoms with Crippen LogP contribution in [-0.2, 0) is 4.79 Å². The molecule has 0 rings (SSSR count). The van der Waals surface area contributed by atoms with Crippen LogP contribution < -0.4 is 5.32 Å². The molecule has 4 nitrogen and oxygen atoms in total. The van der Waals surface area contributed by atoms with Gasteiger partial charge in [-0.1, -0.05) is 19.4 Å². The number of allylic oxidation sites excluding steroid dienone is 1. The van der Waals surface area contributed by atoms with E-state index in [1.165, 1.54) is 0 Å². The minimum absolute atomic E-state index is 0.147. The Morgan fingerprint density at radius 2 is 2.20 bits per heavy atom. The Bertz CT molecular complexity index is 246. The second-order valence-electron chi connectivity index (χ2n) is 3.16. The summed E-state index contributed by atoms with van der Waals surface area (Å²) in [6.45, 7) is 4.87. The van der Waals surface area contributed by atoms with E-state index in [9.17, 15) is 4.79 Å². The number of carbonyl (C=O) groups excluding carboxylic acids is 1. The number of nitrogens with zero attached hydrogens (tertiary/aromatic N) is 2. The normalized spacial score (nSPS) is 11.9. The lowest BCUT2D eigenvalue weighted by atomic mass is 10.3. The lowest BCUT2D eigenvalue weighted by Gasteiger charge is -2.20. The number of hydrogen-bond acceptors (Lipinski definition) is 2. The highest BCUT2D eigenvalue weighted by molar-refractivity contribution is 6.37. The van der Waals surface area contributed by atoms with Gasteiger partial charge in [-0.05, 0) is 13.3 Å². The molecule has 0 aliphatic heterocycles. The molecule has 0 aliphatic carbocycles. The van der Waals surface area contributed by atoms with E-state index in [-0.39, 0.29) is 5.91 Å². The highest BCUT2D eigenvalue weighted by atomic mass is 16.2. The minimum atomic E-state index is -0.147. The Morgan fingerprint density at radius 1 is 1.53 bits per heavy atom. The van der Waals surface area contributed by atoms with Crippen LogP contribution in [0.5, 0.6) is 0 Å². The molecule has 4 heteroatoms. The zero-order chi connectivity index (χ0) is 11.7. The van der Waals surface area contributed by atoms with Crippen LogP contribution in [0.25, 0.3) is 0 Å². The van der Waals surface area contributed by atoms with Crippen molar-refractivity contribution in [2.45, 2.75) is 26.7 Å². The van der Waals surface area contributed by atoms with Gasteiger partial charge in [0, 0.05) is 26.8 Å². The standard InChI is InChI=1S/C11H21N3O/c1-5-7-9-14(8-6-2)10(12-3)11(15)13-4/h6,8H,5,7,9H2,1-4H3,(H,13,15)/b8-6-,12-10?. The maximum Gasteiger partial charge on any atom is 0.286 e. The van der Waals surface area contributed by atoms with E-state index >= 15 is 0 Å². The van der Waals surface area contributed by atoms with Crippen molar-refractivity contribution < 1.29 is 4.79 Å². The molecule has 1 N–H and O–H groups in total. The number of amides is 1. The van der Waals surface area contributed by atoms with Gasteiger partial charge in [0.2, 0.25) is 0 Å². The van der Waals surface area contributed by atoms with E-state index in [1.54, 1.807) is 14.1 Å². The van der Waals surface area contributed by atoms with Gasteiger partial charge >= 0.3 is 0 Å². The highest BCUT2D eigenvalue weighted by Crippen LogP contribution is 1.99. The number of carbonyl (C=O) groups is 1. The summed E-state index contributed by atoms with van der Waals surface area (Å²) in [5.74, 6) is 0.316. The Kier molecular flexibility index (Phi) is 7.32. The Morgan fingerprint density at radius 3 is 2.60 bits per heavy atom. The molecule has 0 spiro atoms. The lowest BCUT2D eigenvalue weighted by Crippen LogP contribution is -2.39. The zero-order valence-corrected chi connectivity index (χ0v) is 10.1. The summed E-state index contributed by atoms with van der Waals surface area (Å²) < 4.78 is 0. The van der Waals surface area contributed by atoms with Crippen molar-refractivity contribution in [3.63, 3.8) is 0 Å². The predicted octanol–water partition coefficient (Wildman–Crippen LogP) is 1.40. The molecule has 0 saturated carbocycles. The van der Waals surface area contributed by atoms with Crippen molar-refractivity contribution in [2.24, 2.45) is 4.99 Å². The van der Waals surface area contributed by atoms with Crippen molar-refractivity contribution in [1.82, 2.24) is 10.2 Å². The summed E-state index contributed by atoms with van der Waals surface area (Å²) in [5, 5.41) is 2.59. The molecule has 86 valence electrons. The van der Waals surface area contributed by atoms with Crippen LogP contribution >= 0.6 is 0 Å². The second-order valence-corrected chi connectivity index (χ2v) is 3.16. The van der Waals surface area contributed by atoms with Crippen molar-refractivity contribution in [3.8, 4) is 0 Å². The molecule has 1 amide bonds. The number of unbranched alkanes of at least 4 members (excludes halogenated alkanes) is 1. The number of nitrogens with one attached hydrogen (secondary N) is 1. The molecule has 0 aromatic rings. The molecule has 0 unspecified atom stereocenters. The Hall–Kier alpha value is -1.32. The molecule has 0 aromatic heterocycles. The summed E-state index contributed by atoms with van der Waals surface area (Å²) in [7, 11) is 3.24. The zero-order valence-electron chi connectivity index (χ0n) is 10.1. The van der Waals surface area contributed by atoms with Crippen LogP contribution in [0.2, 0.25) is 0 Å². The molecule has 0 aliphatic rings. The van der Waals surface area contributed by atoms with E-state index in [0.717, 1.165) is 19.4 Å². The molecule has 0 bridgehead atoms. The van der Waals surface area contributed by atoms with Gasteiger partial charge in [-0.15, -0.1) is 0 Å². The molecule has 15 heavy (non-hydrogen) atoms. The Balaban J connectivity index is 4.63. The van der Waals surface area contributed by atoms with Gasteiger partial charge in [-0.2, -0.15) is 0 Å². The van der Waals surface area contributed by atoms with Gasteiger partial charge in [0.05, 0.1) is 0 Å². The van der Waals surface area contributed by atoms with Crippen LogP contribution in [0.4, 0.5) is 0 Å². The van der Waals surface area contributed by atoms with Crippen molar-refractivity contribution >= 4 is 11.7 Å². The first-order valence-corrected chi connectivity index (χ1v) is 5.29. The number of aliphatic imine (C=N–C) groups is 1. The van der Waals surface area contributed by atoms with Gasteiger partial charge < -0.3 is 10.2 Å². The summed E-state index contributed by atoms with van der Waals surface area (Å²) in [5.41, 5.74) is 0. The molecule has 0 radical (unpaired) electrons. The molecule has 0 saturated heterocycles. The van der Waals surface area contributed by atoms with Gasteiger partial charge in [0.25, 0.3) is 5.91 Å². The van der Waals surface area contributed by atoms with Crippen LogP contribution in [0.1, 0.15) is 26.7 Å². The van der Waals surface area contributed by atoms with Gasteiger partial charge in [-0.25, -0.2) is 0 Å². The smallest absolute Gasteiger partial charge is 0.286 e. The van der Waals surface area contributed by atoms with E-state index in [0.29, 0.717) is 5.84 Å². The summed E-state index contributed by atoms with van der Waals surface area (Å²) >= 11 is 0. The highest BCUT2D eigenvalue weighted by Gasteiger charge is 2.14. The number of hydrogen-bond donors (Lipinski definition) is 1. The molecule has 0 atom stereocenters. The largest absolute Gasteiger partial charge is 0.352 e.